The topological polar surface area (TPSA) is 76.7 Å². The minimum atomic E-state index is -0.376. The molecule has 0 spiro atoms. The highest BCUT2D eigenvalue weighted by atomic mass is 19.1. The number of nitrogens with one attached hydrogen (secondary N) is 2. The van der Waals surface area contributed by atoms with E-state index in [9.17, 15) is 14.0 Å². The fourth-order valence-corrected chi connectivity index (χ4v) is 4.17. The van der Waals surface area contributed by atoms with Crippen molar-refractivity contribution < 1.29 is 23.5 Å². The standard InChI is InChI=1S/C26H23FN2O4/c27-23-13-22(7-4-18(23)9-17-3-8-24-19(10-17)12-25(30)29-24)33-21-5-1-16(2-6-21)11-20-14-32-15-26(31)28-20/h1-2,4-10,13,20H,3,11-12,14-15H2,(H,28,31)(H,29,30)/b17-9+. The molecule has 1 aliphatic carbocycles. The van der Waals surface area contributed by atoms with Crippen LogP contribution in [0, 0.1) is 5.82 Å². The van der Waals surface area contributed by atoms with E-state index in [0.29, 0.717) is 42.9 Å². The number of rotatable bonds is 5. The van der Waals surface area contributed by atoms with Crippen LogP contribution in [0.5, 0.6) is 11.5 Å². The van der Waals surface area contributed by atoms with Crippen molar-refractivity contribution in [3.05, 3.63) is 88.4 Å². The molecule has 2 fully saturated rings. The molecule has 2 aromatic rings. The minimum Gasteiger partial charge on any atom is -0.457 e. The van der Waals surface area contributed by atoms with Gasteiger partial charge < -0.3 is 20.1 Å². The van der Waals surface area contributed by atoms with Gasteiger partial charge in [-0.05, 0) is 59.9 Å². The number of benzene rings is 2. The average molecular weight is 446 g/mol. The molecule has 2 aliphatic heterocycles. The van der Waals surface area contributed by atoms with E-state index in [2.05, 4.69) is 10.6 Å². The summed E-state index contributed by atoms with van der Waals surface area (Å²) in [6.07, 6.45) is 7.37. The van der Waals surface area contributed by atoms with Crippen molar-refractivity contribution in [1.29, 1.82) is 0 Å². The Labute approximate surface area is 190 Å². The zero-order valence-electron chi connectivity index (χ0n) is 17.9. The molecule has 2 aromatic carbocycles. The first kappa shape index (κ1) is 21.2. The van der Waals surface area contributed by atoms with Crippen LogP contribution in [0.3, 0.4) is 0 Å². The second-order valence-corrected chi connectivity index (χ2v) is 8.35. The highest BCUT2D eigenvalue weighted by molar-refractivity contribution is 5.87. The number of hydrogen-bond donors (Lipinski definition) is 2. The summed E-state index contributed by atoms with van der Waals surface area (Å²) < 4.78 is 25.8. The molecule has 7 heteroatoms. The highest BCUT2D eigenvalue weighted by Gasteiger charge is 2.23. The van der Waals surface area contributed by atoms with E-state index >= 15 is 0 Å². The van der Waals surface area contributed by atoms with Crippen molar-refractivity contribution in [3.63, 3.8) is 0 Å². The quantitative estimate of drug-likeness (QED) is 0.733. The number of carbonyl (C=O) groups excluding carboxylic acids is 2. The number of halogens is 1. The van der Waals surface area contributed by atoms with Gasteiger partial charge in [0.15, 0.2) is 0 Å². The van der Waals surface area contributed by atoms with E-state index in [1.165, 1.54) is 6.07 Å². The lowest BCUT2D eigenvalue weighted by Gasteiger charge is -2.23. The van der Waals surface area contributed by atoms with E-state index < -0.39 is 0 Å². The van der Waals surface area contributed by atoms with E-state index in [0.717, 1.165) is 22.4 Å². The van der Waals surface area contributed by atoms with Gasteiger partial charge in [0.1, 0.15) is 23.9 Å². The smallest absolute Gasteiger partial charge is 0.246 e. The van der Waals surface area contributed by atoms with Crippen LogP contribution in [0.25, 0.3) is 6.08 Å². The van der Waals surface area contributed by atoms with Crippen molar-refractivity contribution in [1.82, 2.24) is 10.6 Å². The molecule has 1 atom stereocenters. The van der Waals surface area contributed by atoms with Gasteiger partial charge in [-0.1, -0.05) is 24.3 Å². The second-order valence-electron chi connectivity index (χ2n) is 8.35. The Morgan fingerprint density at radius 2 is 1.91 bits per heavy atom. The maximum Gasteiger partial charge on any atom is 0.246 e. The molecule has 0 bridgehead atoms. The molecule has 0 aromatic heterocycles. The van der Waals surface area contributed by atoms with Crippen LogP contribution >= 0.6 is 0 Å². The van der Waals surface area contributed by atoms with Gasteiger partial charge in [0, 0.05) is 17.3 Å². The van der Waals surface area contributed by atoms with Crippen LogP contribution < -0.4 is 15.4 Å². The molecule has 2 saturated heterocycles. The van der Waals surface area contributed by atoms with Gasteiger partial charge in [0.25, 0.3) is 0 Å². The molecule has 2 N–H and O–H groups in total. The summed E-state index contributed by atoms with van der Waals surface area (Å²) in [6.45, 7) is 0.610. The summed E-state index contributed by atoms with van der Waals surface area (Å²) in [4.78, 5) is 23.0. The molecule has 2 heterocycles. The van der Waals surface area contributed by atoms with E-state index in [1.807, 2.05) is 36.4 Å². The second kappa shape index (κ2) is 9.03. The predicted octanol–water partition coefficient (Wildman–Crippen LogP) is 3.79. The number of ether oxygens (including phenoxy) is 2. The normalized spacial score (nSPS) is 21.1. The Bertz CT molecular complexity index is 1200. The largest absolute Gasteiger partial charge is 0.457 e. The third-order valence-electron chi connectivity index (χ3n) is 5.74. The maximum absolute atomic E-state index is 14.7. The number of morpholine rings is 1. The number of allylic oxidation sites excluding steroid dienone is 4. The monoisotopic (exact) mass is 446 g/mol. The molecule has 2 amide bonds. The lowest BCUT2D eigenvalue weighted by Crippen LogP contribution is -2.46. The molecule has 33 heavy (non-hydrogen) atoms. The molecular weight excluding hydrogens is 423 g/mol. The van der Waals surface area contributed by atoms with Crippen molar-refractivity contribution in [3.8, 4) is 11.5 Å². The lowest BCUT2D eigenvalue weighted by atomic mass is 9.97. The summed E-state index contributed by atoms with van der Waals surface area (Å²) >= 11 is 0. The average Bonchev–Trinajstić information content (AvgIpc) is 3.16. The van der Waals surface area contributed by atoms with Gasteiger partial charge in [-0.3, -0.25) is 9.59 Å². The van der Waals surface area contributed by atoms with Crippen LogP contribution in [0.1, 0.15) is 24.0 Å². The van der Waals surface area contributed by atoms with Crippen molar-refractivity contribution in [2.24, 2.45) is 0 Å². The molecule has 5 rings (SSSR count). The Morgan fingerprint density at radius 1 is 1.09 bits per heavy atom. The Kier molecular flexibility index (Phi) is 5.79. The third-order valence-corrected chi connectivity index (χ3v) is 5.74. The fraction of sp³-hybridized carbons (Fsp3) is 0.231. The van der Waals surface area contributed by atoms with Crippen molar-refractivity contribution in [2.45, 2.75) is 25.3 Å². The van der Waals surface area contributed by atoms with Gasteiger partial charge in [0.05, 0.1) is 19.1 Å². The summed E-state index contributed by atoms with van der Waals surface area (Å²) in [7, 11) is 0. The molecule has 6 nitrogen and oxygen atoms in total. The lowest BCUT2D eigenvalue weighted by molar-refractivity contribution is -0.131. The van der Waals surface area contributed by atoms with Crippen LogP contribution in [-0.4, -0.2) is 31.1 Å². The Balaban J connectivity index is 1.23. The van der Waals surface area contributed by atoms with Gasteiger partial charge >= 0.3 is 0 Å². The first-order chi connectivity index (χ1) is 16.0. The summed E-state index contributed by atoms with van der Waals surface area (Å²) in [5.41, 5.74) is 4.27. The minimum absolute atomic E-state index is 0.00997. The van der Waals surface area contributed by atoms with Gasteiger partial charge in [-0.2, -0.15) is 0 Å². The van der Waals surface area contributed by atoms with E-state index in [-0.39, 0.29) is 30.3 Å². The predicted molar refractivity (Wildman–Crippen MR) is 121 cm³/mol. The zero-order chi connectivity index (χ0) is 22.8. The van der Waals surface area contributed by atoms with Gasteiger partial charge in [0.2, 0.25) is 11.8 Å². The molecule has 3 aliphatic rings. The van der Waals surface area contributed by atoms with Crippen LogP contribution in [0.15, 0.2) is 71.5 Å². The van der Waals surface area contributed by atoms with Gasteiger partial charge in [-0.15, -0.1) is 0 Å². The van der Waals surface area contributed by atoms with Gasteiger partial charge in [-0.25, -0.2) is 4.39 Å². The molecule has 1 unspecified atom stereocenters. The van der Waals surface area contributed by atoms with Crippen molar-refractivity contribution >= 4 is 17.9 Å². The fourth-order valence-electron chi connectivity index (χ4n) is 4.17. The molecule has 0 radical (unpaired) electrons. The van der Waals surface area contributed by atoms with Crippen molar-refractivity contribution in [2.75, 3.05) is 13.2 Å². The molecular formula is C26H23FN2O4. The summed E-state index contributed by atoms with van der Waals surface area (Å²) in [6, 6.07) is 12.2. The van der Waals surface area contributed by atoms with E-state index in [4.69, 9.17) is 9.47 Å². The number of amides is 2. The van der Waals surface area contributed by atoms with Crippen LogP contribution in [-0.2, 0) is 20.7 Å². The number of fused-ring (bicyclic) bond motifs is 1. The highest BCUT2D eigenvalue weighted by Crippen LogP contribution is 2.30. The summed E-state index contributed by atoms with van der Waals surface area (Å²) in [5.74, 6) is 0.522. The number of hydrogen-bond acceptors (Lipinski definition) is 4. The third kappa shape index (κ3) is 5.04. The van der Waals surface area contributed by atoms with Crippen LogP contribution in [0.4, 0.5) is 4.39 Å². The maximum atomic E-state index is 14.7. The summed E-state index contributed by atoms with van der Waals surface area (Å²) in [5, 5.41) is 5.73. The Hall–Kier alpha value is -3.71. The molecule has 168 valence electrons. The first-order valence-electron chi connectivity index (χ1n) is 10.9. The SMILES string of the molecule is O=C1CC2=C/C(=C/c3ccc(Oc4ccc(CC5COCC(=O)N5)cc4)cc3F)CC=C2N1. The van der Waals surface area contributed by atoms with E-state index in [1.54, 1.807) is 18.2 Å². The zero-order valence-corrected chi connectivity index (χ0v) is 17.9. The Morgan fingerprint density at radius 3 is 2.70 bits per heavy atom. The van der Waals surface area contributed by atoms with Crippen LogP contribution in [0.2, 0.25) is 0 Å². The number of carbonyl (C=O) groups is 2. The first-order valence-corrected chi connectivity index (χ1v) is 10.9. The molecule has 0 saturated carbocycles.